The summed E-state index contributed by atoms with van der Waals surface area (Å²) in [5, 5.41) is 0. The molecule has 1 saturated heterocycles. The summed E-state index contributed by atoms with van der Waals surface area (Å²) in [6, 6.07) is 4.18. The molecule has 4 nitrogen and oxygen atoms in total. The van der Waals surface area contributed by atoms with Crippen molar-refractivity contribution in [3.63, 3.8) is 0 Å². The minimum atomic E-state index is -0.0250. The van der Waals surface area contributed by atoms with E-state index in [1.54, 1.807) is 10.6 Å². The average Bonchev–Trinajstić information content (AvgIpc) is 2.80. The lowest BCUT2D eigenvalue weighted by Gasteiger charge is -2.20. The molecule has 1 aromatic rings. The van der Waals surface area contributed by atoms with E-state index in [0.29, 0.717) is 17.7 Å². The van der Waals surface area contributed by atoms with E-state index in [4.69, 9.17) is 4.74 Å². The zero-order valence-electron chi connectivity index (χ0n) is 11.4. The fourth-order valence-electron chi connectivity index (χ4n) is 2.57. The van der Waals surface area contributed by atoms with Crippen LogP contribution >= 0.6 is 0 Å². The molecule has 0 aromatic carbocycles. The van der Waals surface area contributed by atoms with Gasteiger partial charge in [0.2, 0.25) is 0 Å². The highest BCUT2D eigenvalue weighted by Gasteiger charge is 2.24. The van der Waals surface area contributed by atoms with Crippen LogP contribution in [0.3, 0.4) is 0 Å². The second-order valence-electron chi connectivity index (χ2n) is 5.28. The summed E-state index contributed by atoms with van der Waals surface area (Å²) in [6.45, 7) is 7.46. The zero-order valence-corrected chi connectivity index (χ0v) is 11.4. The third kappa shape index (κ3) is 2.75. The van der Waals surface area contributed by atoms with Gasteiger partial charge in [-0.2, -0.15) is 0 Å². The van der Waals surface area contributed by atoms with Crippen molar-refractivity contribution in [2.75, 3.05) is 20.2 Å². The van der Waals surface area contributed by atoms with E-state index in [9.17, 15) is 4.79 Å². The molecule has 0 N–H and O–H groups in total. The first kappa shape index (κ1) is 13.1. The number of hydrogen-bond acceptors (Lipinski definition) is 3. The van der Waals surface area contributed by atoms with Gasteiger partial charge in [-0.25, -0.2) is 0 Å². The first-order valence-electron chi connectivity index (χ1n) is 6.59. The van der Waals surface area contributed by atoms with E-state index in [2.05, 4.69) is 18.7 Å². The van der Waals surface area contributed by atoms with E-state index < -0.39 is 0 Å². The molecular formula is C14H22N2O2. The monoisotopic (exact) mass is 250 g/mol. The van der Waals surface area contributed by atoms with Crippen LogP contribution in [-0.2, 0) is 6.54 Å². The Morgan fingerprint density at radius 1 is 1.50 bits per heavy atom. The Hall–Kier alpha value is -1.29. The van der Waals surface area contributed by atoms with Crippen molar-refractivity contribution in [2.24, 2.45) is 5.92 Å². The summed E-state index contributed by atoms with van der Waals surface area (Å²) >= 11 is 0. The molecular weight excluding hydrogens is 228 g/mol. The van der Waals surface area contributed by atoms with Gasteiger partial charge in [0.15, 0.2) is 5.75 Å². The van der Waals surface area contributed by atoms with Crippen LogP contribution in [0.2, 0.25) is 0 Å². The van der Waals surface area contributed by atoms with Crippen LogP contribution in [0.4, 0.5) is 0 Å². The number of likely N-dealkylation sites (tertiary alicyclic amines) is 1. The normalized spacial score (nSPS) is 20.6. The van der Waals surface area contributed by atoms with Crippen LogP contribution in [0.25, 0.3) is 0 Å². The van der Waals surface area contributed by atoms with E-state index >= 15 is 0 Å². The van der Waals surface area contributed by atoms with E-state index in [1.807, 2.05) is 12.3 Å². The standard InChI is InChI=1S/C14H22N2O2/c1-11(2)15-8-6-12(9-15)10-16-7-4-5-13(18-3)14(16)17/h4-5,7,11-12H,6,8-10H2,1-3H3/t12-/m1/s1. The van der Waals surface area contributed by atoms with Gasteiger partial charge < -0.3 is 14.2 Å². The molecule has 1 atom stereocenters. The second-order valence-corrected chi connectivity index (χ2v) is 5.28. The van der Waals surface area contributed by atoms with Gasteiger partial charge in [-0.1, -0.05) is 0 Å². The average molecular weight is 250 g/mol. The SMILES string of the molecule is COc1cccn(C[C@@H]2CCN(C(C)C)C2)c1=O. The van der Waals surface area contributed by atoms with Gasteiger partial charge in [0.05, 0.1) is 7.11 Å². The lowest BCUT2D eigenvalue weighted by atomic mass is 10.1. The first-order valence-corrected chi connectivity index (χ1v) is 6.59. The van der Waals surface area contributed by atoms with Crippen LogP contribution in [0.15, 0.2) is 23.1 Å². The van der Waals surface area contributed by atoms with Gasteiger partial charge in [-0.15, -0.1) is 0 Å². The smallest absolute Gasteiger partial charge is 0.292 e. The van der Waals surface area contributed by atoms with Gasteiger partial charge in [-0.3, -0.25) is 4.79 Å². The van der Waals surface area contributed by atoms with Crippen molar-refractivity contribution in [3.8, 4) is 5.75 Å². The van der Waals surface area contributed by atoms with Crippen LogP contribution in [0.5, 0.6) is 5.75 Å². The molecule has 1 fully saturated rings. The molecule has 1 aliphatic rings. The maximum Gasteiger partial charge on any atom is 0.292 e. The van der Waals surface area contributed by atoms with Crippen LogP contribution in [0.1, 0.15) is 20.3 Å². The lowest BCUT2D eigenvalue weighted by Crippen LogP contribution is -2.30. The van der Waals surface area contributed by atoms with Crippen molar-refractivity contribution in [1.82, 2.24) is 9.47 Å². The van der Waals surface area contributed by atoms with Gasteiger partial charge in [0.25, 0.3) is 5.56 Å². The Bertz CT molecular complexity index is 453. The van der Waals surface area contributed by atoms with Gasteiger partial charge in [-0.05, 0) is 44.9 Å². The zero-order chi connectivity index (χ0) is 13.1. The Morgan fingerprint density at radius 3 is 2.89 bits per heavy atom. The molecule has 0 saturated carbocycles. The predicted octanol–water partition coefficient (Wildman–Crippen LogP) is 1.59. The summed E-state index contributed by atoms with van der Waals surface area (Å²) in [4.78, 5) is 14.5. The van der Waals surface area contributed by atoms with Crippen LogP contribution < -0.4 is 10.3 Å². The second kappa shape index (κ2) is 5.57. The molecule has 4 heteroatoms. The highest BCUT2D eigenvalue weighted by atomic mass is 16.5. The van der Waals surface area contributed by atoms with E-state index in [1.165, 1.54) is 13.5 Å². The molecule has 0 aliphatic carbocycles. The maximum absolute atomic E-state index is 12.0. The molecule has 1 aromatic heterocycles. The summed E-state index contributed by atoms with van der Waals surface area (Å²) in [6.07, 6.45) is 3.02. The number of pyridine rings is 1. The lowest BCUT2D eigenvalue weighted by molar-refractivity contribution is 0.260. The number of aromatic nitrogens is 1. The summed E-state index contributed by atoms with van der Waals surface area (Å²) < 4.78 is 6.84. The minimum absolute atomic E-state index is 0.0250. The Labute approximate surface area is 108 Å². The third-order valence-electron chi connectivity index (χ3n) is 3.71. The highest BCUT2D eigenvalue weighted by Crippen LogP contribution is 2.19. The molecule has 18 heavy (non-hydrogen) atoms. The molecule has 2 heterocycles. The molecule has 0 amide bonds. The van der Waals surface area contributed by atoms with E-state index in [-0.39, 0.29) is 5.56 Å². The molecule has 1 aliphatic heterocycles. The summed E-state index contributed by atoms with van der Waals surface area (Å²) in [5.74, 6) is 0.994. The fourth-order valence-corrected chi connectivity index (χ4v) is 2.57. The van der Waals surface area contributed by atoms with E-state index in [0.717, 1.165) is 19.6 Å². The third-order valence-corrected chi connectivity index (χ3v) is 3.71. The summed E-state index contributed by atoms with van der Waals surface area (Å²) in [7, 11) is 1.54. The van der Waals surface area contributed by atoms with Crippen molar-refractivity contribution in [2.45, 2.75) is 32.9 Å². The van der Waals surface area contributed by atoms with Gasteiger partial charge >= 0.3 is 0 Å². The quantitative estimate of drug-likeness (QED) is 0.814. The van der Waals surface area contributed by atoms with Crippen molar-refractivity contribution >= 4 is 0 Å². The number of hydrogen-bond donors (Lipinski definition) is 0. The Balaban J connectivity index is 2.05. The highest BCUT2D eigenvalue weighted by molar-refractivity contribution is 5.17. The Kier molecular flexibility index (Phi) is 4.07. The molecule has 100 valence electrons. The minimum Gasteiger partial charge on any atom is -0.491 e. The van der Waals surface area contributed by atoms with Crippen LogP contribution in [0, 0.1) is 5.92 Å². The molecule has 2 rings (SSSR count). The largest absolute Gasteiger partial charge is 0.491 e. The van der Waals surface area contributed by atoms with Crippen molar-refractivity contribution in [1.29, 1.82) is 0 Å². The summed E-state index contributed by atoms with van der Waals surface area (Å²) in [5.41, 5.74) is -0.0250. The molecule has 0 radical (unpaired) electrons. The number of ether oxygens (including phenoxy) is 1. The molecule has 0 bridgehead atoms. The van der Waals surface area contributed by atoms with Crippen LogP contribution in [-0.4, -0.2) is 35.7 Å². The number of nitrogens with zero attached hydrogens (tertiary/aromatic N) is 2. The Morgan fingerprint density at radius 2 is 2.28 bits per heavy atom. The molecule has 0 unspecified atom stereocenters. The fraction of sp³-hybridized carbons (Fsp3) is 0.643. The topological polar surface area (TPSA) is 34.5 Å². The maximum atomic E-state index is 12.0. The predicted molar refractivity (Wildman–Crippen MR) is 72.1 cm³/mol. The van der Waals surface area contributed by atoms with Crippen molar-refractivity contribution < 1.29 is 4.74 Å². The van der Waals surface area contributed by atoms with Gasteiger partial charge in [0.1, 0.15) is 0 Å². The number of rotatable bonds is 4. The van der Waals surface area contributed by atoms with Crippen molar-refractivity contribution in [3.05, 3.63) is 28.7 Å². The molecule has 0 spiro atoms. The number of methoxy groups -OCH3 is 1. The van der Waals surface area contributed by atoms with Gasteiger partial charge in [0, 0.05) is 25.3 Å². The first-order chi connectivity index (χ1) is 8.61.